The molecule has 0 N–H and O–H groups in total. The number of nitrogens with zero attached hydrogens (tertiary/aromatic N) is 3. The van der Waals surface area contributed by atoms with E-state index < -0.39 is 58.4 Å². The maximum atomic E-state index is 14.8. The molecule has 4 rings (SSSR count). The molecule has 39 heavy (non-hydrogen) atoms. The van der Waals surface area contributed by atoms with Crippen LogP contribution in [0.25, 0.3) is 0 Å². The molecule has 2 fully saturated rings. The third-order valence-corrected chi connectivity index (χ3v) is 8.59. The average molecular weight is 568 g/mol. The van der Waals surface area contributed by atoms with Gasteiger partial charge >= 0.3 is 12.1 Å². The van der Waals surface area contributed by atoms with Crippen molar-refractivity contribution in [3.8, 4) is 6.07 Å². The molecule has 2 aliphatic rings. The number of carbonyl (C=O) groups excluding carboxylic acids is 2. The molecule has 2 unspecified atom stereocenters. The highest BCUT2D eigenvalue weighted by atomic mass is 35.5. The number of ether oxygens (including phenoxy) is 1. The molecule has 0 spiro atoms. The summed E-state index contributed by atoms with van der Waals surface area (Å²) in [5.74, 6) is -3.39. The predicted molar refractivity (Wildman–Crippen MR) is 134 cm³/mol. The number of halogens is 5. The lowest BCUT2D eigenvalue weighted by Crippen LogP contribution is -2.52. The third kappa shape index (κ3) is 5.69. The van der Waals surface area contributed by atoms with Crippen LogP contribution in [-0.2, 0) is 45.8 Å². The van der Waals surface area contributed by atoms with Crippen LogP contribution in [0.3, 0.4) is 0 Å². The van der Waals surface area contributed by atoms with E-state index in [0.717, 1.165) is 30.4 Å². The van der Waals surface area contributed by atoms with Gasteiger partial charge in [-0.3, -0.25) is 14.3 Å². The number of nitriles is 1. The van der Waals surface area contributed by atoms with E-state index in [4.69, 9.17) is 16.3 Å². The molecule has 1 aromatic carbocycles. The maximum Gasteiger partial charge on any atom is 0.435 e. The second-order valence-corrected chi connectivity index (χ2v) is 11.5. The van der Waals surface area contributed by atoms with Crippen LogP contribution in [0.15, 0.2) is 18.2 Å². The van der Waals surface area contributed by atoms with E-state index in [-0.39, 0.29) is 29.5 Å². The fraction of sp³-hybridized carbons (Fsp3) is 0.571. The van der Waals surface area contributed by atoms with Crippen molar-refractivity contribution in [3.05, 3.63) is 51.6 Å². The Morgan fingerprint density at radius 2 is 1.90 bits per heavy atom. The van der Waals surface area contributed by atoms with Gasteiger partial charge in [0, 0.05) is 24.6 Å². The van der Waals surface area contributed by atoms with Crippen molar-refractivity contribution < 1.29 is 31.9 Å². The number of ketones is 1. The van der Waals surface area contributed by atoms with E-state index in [9.17, 15) is 32.4 Å². The largest absolute Gasteiger partial charge is 0.458 e. The number of hydrogen-bond donors (Lipinski definition) is 0. The van der Waals surface area contributed by atoms with Crippen LogP contribution in [0, 0.1) is 29.0 Å². The Morgan fingerprint density at radius 1 is 1.23 bits per heavy atom. The van der Waals surface area contributed by atoms with E-state index in [1.165, 1.54) is 13.1 Å². The van der Waals surface area contributed by atoms with E-state index in [1.54, 1.807) is 26.0 Å². The molecule has 0 bridgehead atoms. The fourth-order valence-corrected chi connectivity index (χ4v) is 6.08. The van der Waals surface area contributed by atoms with E-state index in [0.29, 0.717) is 12.0 Å². The standard InChI is InChI=1S/C28H30ClF4N3O3/c1-26(2,15-34)20-9-8-16(12-21(20)30)10-11-27(17-6-4-5-7-17)14-22(37)18(25(38)39-27)13-19-23(28(31,32)33)35-36(3)24(19)29/h8-9,12,17-18H,4-7,10-11,13-14H2,1-3H3. The van der Waals surface area contributed by atoms with Crippen LogP contribution in [0.2, 0.25) is 5.15 Å². The van der Waals surface area contributed by atoms with Crippen molar-refractivity contribution in [2.75, 3.05) is 0 Å². The van der Waals surface area contributed by atoms with Gasteiger partial charge in [-0.2, -0.15) is 23.5 Å². The zero-order valence-corrected chi connectivity index (χ0v) is 22.8. The van der Waals surface area contributed by atoms with E-state index >= 15 is 0 Å². The van der Waals surface area contributed by atoms with Crippen molar-refractivity contribution >= 4 is 23.4 Å². The smallest absolute Gasteiger partial charge is 0.435 e. The third-order valence-electron chi connectivity index (χ3n) is 8.12. The summed E-state index contributed by atoms with van der Waals surface area (Å²) < 4.78 is 62.3. The van der Waals surface area contributed by atoms with Crippen molar-refractivity contribution in [2.45, 2.75) is 82.4 Å². The van der Waals surface area contributed by atoms with Crippen molar-refractivity contribution in [1.82, 2.24) is 9.78 Å². The van der Waals surface area contributed by atoms with Gasteiger partial charge in [-0.1, -0.05) is 36.6 Å². The van der Waals surface area contributed by atoms with Gasteiger partial charge in [-0.25, -0.2) is 4.39 Å². The van der Waals surface area contributed by atoms with Crippen LogP contribution in [0.4, 0.5) is 17.6 Å². The number of cyclic esters (lactones) is 1. The average Bonchev–Trinajstić information content (AvgIpc) is 3.49. The summed E-state index contributed by atoms with van der Waals surface area (Å²) >= 11 is 6.06. The maximum absolute atomic E-state index is 14.8. The van der Waals surface area contributed by atoms with Gasteiger partial charge in [-0.15, -0.1) is 0 Å². The number of aryl methyl sites for hydroxylation is 2. The molecular formula is C28H30ClF4N3O3. The highest BCUT2D eigenvalue weighted by molar-refractivity contribution is 6.30. The number of alkyl halides is 3. The molecule has 2 atom stereocenters. The summed E-state index contributed by atoms with van der Waals surface area (Å²) in [6.07, 6.45) is -1.58. The van der Waals surface area contributed by atoms with Gasteiger partial charge in [0.25, 0.3) is 0 Å². The molecule has 6 nitrogen and oxygen atoms in total. The molecule has 1 aliphatic heterocycles. The Labute approximate surface area is 229 Å². The molecule has 1 saturated carbocycles. The number of hydrogen-bond acceptors (Lipinski definition) is 5. The van der Waals surface area contributed by atoms with Gasteiger partial charge < -0.3 is 4.74 Å². The normalized spacial score (nSPS) is 22.7. The minimum atomic E-state index is -4.80. The first kappa shape index (κ1) is 29.1. The van der Waals surface area contributed by atoms with Gasteiger partial charge in [0.1, 0.15) is 22.5 Å². The summed E-state index contributed by atoms with van der Waals surface area (Å²) in [6, 6.07) is 6.73. The minimum Gasteiger partial charge on any atom is -0.458 e. The Kier molecular flexibility index (Phi) is 7.87. The van der Waals surface area contributed by atoms with Crippen LogP contribution in [-0.4, -0.2) is 27.1 Å². The van der Waals surface area contributed by atoms with Gasteiger partial charge in [0.05, 0.1) is 11.5 Å². The van der Waals surface area contributed by atoms with Gasteiger partial charge in [0.15, 0.2) is 11.5 Å². The molecule has 0 amide bonds. The fourth-order valence-electron chi connectivity index (χ4n) is 5.87. The summed E-state index contributed by atoms with van der Waals surface area (Å²) in [5.41, 5.74) is -2.86. The molecule has 2 heterocycles. The molecule has 0 radical (unpaired) electrons. The topological polar surface area (TPSA) is 85.0 Å². The van der Waals surface area contributed by atoms with Crippen molar-refractivity contribution in [3.63, 3.8) is 0 Å². The van der Waals surface area contributed by atoms with E-state index in [2.05, 4.69) is 11.2 Å². The van der Waals surface area contributed by atoms with Gasteiger partial charge in [-0.05, 0) is 63.5 Å². The zero-order chi connectivity index (χ0) is 28.8. The predicted octanol–water partition coefficient (Wildman–Crippen LogP) is 6.27. The van der Waals surface area contributed by atoms with Gasteiger partial charge in [0.2, 0.25) is 0 Å². The number of rotatable bonds is 7. The lowest BCUT2D eigenvalue weighted by molar-refractivity contribution is -0.186. The Balaban J connectivity index is 1.57. The molecule has 1 aliphatic carbocycles. The second-order valence-electron chi connectivity index (χ2n) is 11.2. The Morgan fingerprint density at radius 3 is 2.46 bits per heavy atom. The lowest BCUT2D eigenvalue weighted by Gasteiger charge is -2.43. The van der Waals surface area contributed by atoms with E-state index in [1.807, 2.05) is 0 Å². The number of Topliss-reactive ketones (excluding diaryl/α,β-unsaturated/α-hetero) is 1. The monoisotopic (exact) mass is 567 g/mol. The summed E-state index contributed by atoms with van der Waals surface area (Å²) in [5, 5.41) is 12.5. The quantitative estimate of drug-likeness (QED) is 0.224. The lowest BCUT2D eigenvalue weighted by atomic mass is 9.73. The number of benzene rings is 1. The van der Waals surface area contributed by atoms with Crippen LogP contribution < -0.4 is 0 Å². The first-order valence-corrected chi connectivity index (χ1v) is 13.3. The molecule has 1 saturated heterocycles. The SMILES string of the molecule is Cn1nc(C(F)(F)F)c(CC2C(=O)CC(CCc3ccc(C(C)(C)C#N)c(F)c3)(C3CCCC3)OC2=O)c1Cl. The highest BCUT2D eigenvalue weighted by Gasteiger charge is 2.52. The molecule has 1 aromatic heterocycles. The van der Waals surface area contributed by atoms with Crippen LogP contribution in [0.1, 0.15) is 74.8 Å². The first-order chi connectivity index (χ1) is 18.2. The number of esters is 1. The summed E-state index contributed by atoms with van der Waals surface area (Å²) in [6.45, 7) is 3.25. The summed E-state index contributed by atoms with van der Waals surface area (Å²) in [7, 11) is 1.25. The van der Waals surface area contributed by atoms with Crippen molar-refractivity contribution in [1.29, 1.82) is 5.26 Å². The zero-order valence-electron chi connectivity index (χ0n) is 22.0. The summed E-state index contributed by atoms with van der Waals surface area (Å²) in [4.78, 5) is 26.6. The minimum absolute atomic E-state index is 0.0827. The molecule has 2 aromatic rings. The number of aromatic nitrogens is 2. The Bertz CT molecular complexity index is 1300. The second kappa shape index (κ2) is 10.6. The number of carbonyl (C=O) groups is 2. The highest BCUT2D eigenvalue weighted by Crippen LogP contribution is 2.46. The van der Waals surface area contributed by atoms with Crippen molar-refractivity contribution in [2.24, 2.45) is 18.9 Å². The first-order valence-electron chi connectivity index (χ1n) is 12.9. The molecule has 11 heteroatoms. The molecule has 210 valence electrons. The Hall–Kier alpha value is -2.93. The van der Waals surface area contributed by atoms with Crippen LogP contribution in [0.5, 0.6) is 0 Å². The molecular weight excluding hydrogens is 538 g/mol. The van der Waals surface area contributed by atoms with Crippen LogP contribution >= 0.6 is 11.6 Å².